The van der Waals surface area contributed by atoms with Gasteiger partial charge in [0.2, 0.25) is 5.91 Å². The van der Waals surface area contributed by atoms with Crippen LogP contribution in [0.15, 0.2) is 35.0 Å². The standard InChI is InChI=1S/C19H19F6NO3S/c1-28-16(29-2)8-15(12-3-4-30-10-12)17(27)26-9-11-5-13(18(20,21)22)7-14(6-11)19(23,24)25/h3-7,10,15-16H,8-9H2,1-2H3,(H,26,27). The monoisotopic (exact) mass is 455 g/mol. The largest absolute Gasteiger partial charge is 0.416 e. The van der Waals surface area contributed by atoms with Crippen molar-refractivity contribution in [3.05, 3.63) is 57.3 Å². The Morgan fingerprint density at radius 2 is 1.60 bits per heavy atom. The van der Waals surface area contributed by atoms with Gasteiger partial charge < -0.3 is 14.8 Å². The Balaban J connectivity index is 2.24. The molecule has 1 aromatic heterocycles. The van der Waals surface area contributed by atoms with Gasteiger partial charge in [-0.05, 0) is 46.2 Å². The third-order valence-corrected chi connectivity index (χ3v) is 5.03. The number of hydrogen-bond donors (Lipinski definition) is 1. The number of nitrogens with one attached hydrogen (secondary N) is 1. The van der Waals surface area contributed by atoms with E-state index in [1.807, 2.05) is 0 Å². The minimum absolute atomic E-state index is 0.0429. The molecule has 1 atom stereocenters. The molecule has 1 heterocycles. The molecule has 0 saturated heterocycles. The van der Waals surface area contributed by atoms with Gasteiger partial charge in [0.1, 0.15) is 0 Å². The molecule has 30 heavy (non-hydrogen) atoms. The van der Waals surface area contributed by atoms with E-state index >= 15 is 0 Å². The predicted molar refractivity (Wildman–Crippen MR) is 97.8 cm³/mol. The molecule has 0 fully saturated rings. The summed E-state index contributed by atoms with van der Waals surface area (Å²) in [6, 6.07) is 2.91. The number of hydrogen-bond acceptors (Lipinski definition) is 4. The average Bonchev–Trinajstić information content (AvgIpc) is 3.20. The molecule has 0 aliphatic heterocycles. The minimum atomic E-state index is -4.95. The molecule has 1 N–H and O–H groups in total. The van der Waals surface area contributed by atoms with Gasteiger partial charge in [0.25, 0.3) is 0 Å². The number of rotatable bonds is 8. The molecule has 0 spiro atoms. The molecule has 2 rings (SSSR count). The normalized spacial score (nSPS) is 13.5. The zero-order chi connectivity index (χ0) is 22.5. The first-order chi connectivity index (χ1) is 14.0. The van der Waals surface area contributed by atoms with Crippen LogP contribution in [0.1, 0.15) is 34.6 Å². The second kappa shape index (κ2) is 9.80. The molecule has 2 aromatic rings. The summed E-state index contributed by atoms with van der Waals surface area (Å²) in [4.78, 5) is 12.7. The first-order valence-corrected chi connectivity index (χ1v) is 9.53. The maximum Gasteiger partial charge on any atom is 0.416 e. The number of methoxy groups -OCH3 is 2. The molecule has 1 unspecified atom stereocenters. The van der Waals surface area contributed by atoms with E-state index in [0.29, 0.717) is 17.7 Å². The number of carbonyl (C=O) groups is 1. The van der Waals surface area contributed by atoms with Crippen LogP contribution in [0, 0.1) is 0 Å². The fourth-order valence-corrected chi connectivity index (χ4v) is 3.50. The Kier molecular flexibility index (Phi) is 7.89. The number of halogens is 6. The highest BCUT2D eigenvalue weighted by Crippen LogP contribution is 2.36. The summed E-state index contributed by atoms with van der Waals surface area (Å²) in [5.74, 6) is -1.33. The van der Waals surface area contributed by atoms with Gasteiger partial charge >= 0.3 is 12.4 Å². The van der Waals surface area contributed by atoms with Gasteiger partial charge in [-0.2, -0.15) is 37.7 Å². The Hall–Kier alpha value is -2.11. The van der Waals surface area contributed by atoms with Crippen LogP contribution in [0.5, 0.6) is 0 Å². The van der Waals surface area contributed by atoms with Crippen LogP contribution >= 0.6 is 11.3 Å². The molecule has 11 heteroatoms. The molecular weight excluding hydrogens is 436 g/mol. The lowest BCUT2D eigenvalue weighted by Gasteiger charge is -2.21. The van der Waals surface area contributed by atoms with Crippen molar-refractivity contribution >= 4 is 17.2 Å². The lowest BCUT2D eigenvalue weighted by molar-refractivity contribution is -0.143. The van der Waals surface area contributed by atoms with E-state index in [4.69, 9.17) is 9.47 Å². The summed E-state index contributed by atoms with van der Waals surface area (Å²) in [5, 5.41) is 5.88. The van der Waals surface area contributed by atoms with Crippen LogP contribution in [0.3, 0.4) is 0 Å². The highest BCUT2D eigenvalue weighted by atomic mass is 32.1. The molecule has 0 saturated carbocycles. The first-order valence-electron chi connectivity index (χ1n) is 8.59. The van der Waals surface area contributed by atoms with Crippen molar-refractivity contribution in [2.75, 3.05) is 14.2 Å². The molecule has 1 amide bonds. The summed E-state index contributed by atoms with van der Waals surface area (Å²) in [6.45, 7) is -0.503. The van der Waals surface area contributed by atoms with E-state index in [0.717, 1.165) is 0 Å². The number of amides is 1. The van der Waals surface area contributed by atoms with Crippen molar-refractivity contribution in [1.29, 1.82) is 0 Å². The summed E-state index contributed by atoms with van der Waals surface area (Å²) in [5.41, 5.74) is -2.55. The van der Waals surface area contributed by atoms with Crippen molar-refractivity contribution in [3.63, 3.8) is 0 Å². The van der Waals surface area contributed by atoms with E-state index < -0.39 is 48.1 Å². The summed E-state index contributed by atoms with van der Waals surface area (Å²) in [7, 11) is 2.77. The second-order valence-electron chi connectivity index (χ2n) is 6.38. The number of ether oxygens (including phenoxy) is 2. The predicted octanol–water partition coefficient (Wildman–Crippen LogP) is 5.19. The van der Waals surface area contributed by atoms with Gasteiger partial charge in [0, 0.05) is 27.2 Å². The summed E-state index contributed by atoms with van der Waals surface area (Å²) < 4.78 is 88.1. The van der Waals surface area contributed by atoms with Gasteiger partial charge in [0.05, 0.1) is 17.0 Å². The van der Waals surface area contributed by atoms with Crippen molar-refractivity contribution in [3.8, 4) is 0 Å². The van der Waals surface area contributed by atoms with Crippen LogP contribution in [-0.4, -0.2) is 26.4 Å². The highest BCUT2D eigenvalue weighted by Gasteiger charge is 2.37. The maximum atomic E-state index is 13.0. The molecular formula is C19H19F6NO3S. The average molecular weight is 455 g/mol. The molecule has 0 bridgehead atoms. The van der Waals surface area contributed by atoms with Gasteiger partial charge in [-0.25, -0.2) is 0 Å². The first kappa shape index (κ1) is 24.2. The van der Waals surface area contributed by atoms with Crippen LogP contribution in [0.4, 0.5) is 26.3 Å². The van der Waals surface area contributed by atoms with Gasteiger partial charge in [-0.3, -0.25) is 4.79 Å². The van der Waals surface area contributed by atoms with Crippen molar-refractivity contribution < 1.29 is 40.6 Å². The van der Waals surface area contributed by atoms with E-state index in [9.17, 15) is 31.1 Å². The molecule has 0 radical (unpaired) electrons. The van der Waals surface area contributed by atoms with Crippen LogP contribution in [0.25, 0.3) is 0 Å². The quantitative estimate of drug-likeness (QED) is 0.440. The van der Waals surface area contributed by atoms with E-state index in [2.05, 4.69) is 5.32 Å². The van der Waals surface area contributed by atoms with Crippen LogP contribution in [0.2, 0.25) is 0 Å². The SMILES string of the molecule is COC(CC(C(=O)NCc1cc(C(F)(F)F)cc(C(F)(F)F)c1)c1ccsc1)OC. The Morgan fingerprint density at radius 3 is 2.03 bits per heavy atom. The van der Waals surface area contributed by atoms with Crippen molar-refractivity contribution in [1.82, 2.24) is 5.32 Å². The summed E-state index contributed by atoms with van der Waals surface area (Å²) in [6.07, 6.45) is -10.5. The highest BCUT2D eigenvalue weighted by molar-refractivity contribution is 7.08. The van der Waals surface area contributed by atoms with Crippen LogP contribution < -0.4 is 5.32 Å². The minimum Gasteiger partial charge on any atom is -0.356 e. The molecule has 0 aliphatic carbocycles. The topological polar surface area (TPSA) is 47.6 Å². The zero-order valence-corrected chi connectivity index (χ0v) is 16.8. The summed E-state index contributed by atoms with van der Waals surface area (Å²) >= 11 is 1.34. The third-order valence-electron chi connectivity index (χ3n) is 4.33. The Labute approximate surface area is 172 Å². The van der Waals surface area contributed by atoms with Crippen LogP contribution in [-0.2, 0) is 33.2 Å². The zero-order valence-electron chi connectivity index (χ0n) is 15.9. The van der Waals surface area contributed by atoms with Crippen molar-refractivity contribution in [2.24, 2.45) is 0 Å². The van der Waals surface area contributed by atoms with Gasteiger partial charge in [-0.1, -0.05) is 0 Å². The molecule has 166 valence electrons. The van der Waals surface area contributed by atoms with E-state index in [1.54, 1.807) is 16.8 Å². The van der Waals surface area contributed by atoms with Gasteiger partial charge in [-0.15, -0.1) is 0 Å². The lowest BCUT2D eigenvalue weighted by atomic mass is 9.96. The number of alkyl halides is 6. The number of carbonyl (C=O) groups excluding carboxylic acids is 1. The second-order valence-corrected chi connectivity index (χ2v) is 7.16. The van der Waals surface area contributed by atoms with E-state index in [1.165, 1.54) is 25.6 Å². The fraction of sp³-hybridized carbons (Fsp3) is 0.421. The molecule has 0 aliphatic rings. The molecule has 4 nitrogen and oxygen atoms in total. The smallest absolute Gasteiger partial charge is 0.356 e. The maximum absolute atomic E-state index is 13.0. The molecule has 1 aromatic carbocycles. The fourth-order valence-electron chi connectivity index (χ4n) is 2.78. The van der Waals surface area contributed by atoms with Gasteiger partial charge in [0.15, 0.2) is 6.29 Å². The Bertz CT molecular complexity index is 800. The van der Waals surface area contributed by atoms with Crippen molar-refractivity contribution in [2.45, 2.75) is 37.5 Å². The third kappa shape index (κ3) is 6.44. The number of benzene rings is 1. The lowest BCUT2D eigenvalue weighted by Crippen LogP contribution is -2.32. The van der Waals surface area contributed by atoms with E-state index in [-0.39, 0.29) is 18.1 Å². The Morgan fingerprint density at radius 1 is 1.03 bits per heavy atom. The number of thiophene rings is 1.